The highest BCUT2D eigenvalue weighted by Crippen LogP contribution is 2.19. The predicted octanol–water partition coefficient (Wildman–Crippen LogP) is 2.50. The maximum absolute atomic E-state index is 5.64. The van der Waals surface area contributed by atoms with Crippen LogP contribution in [0.5, 0.6) is 0 Å². The van der Waals surface area contributed by atoms with Gasteiger partial charge in [0, 0.05) is 19.2 Å². The second kappa shape index (κ2) is 5.15. The number of nitrogens with zero attached hydrogens (tertiary/aromatic N) is 2. The first kappa shape index (κ1) is 11.9. The highest BCUT2D eigenvalue weighted by Gasteiger charge is 2.05. The van der Waals surface area contributed by atoms with E-state index in [0.717, 1.165) is 23.4 Å². The average Bonchev–Trinajstić information content (AvgIpc) is 2.72. The van der Waals surface area contributed by atoms with Crippen molar-refractivity contribution in [1.82, 2.24) is 9.78 Å². The monoisotopic (exact) mass is 229 g/mol. The number of nitrogens with two attached hydrogens (primary N) is 1. The topological polar surface area (TPSA) is 43.8 Å². The minimum atomic E-state index is 0.525. The van der Waals surface area contributed by atoms with Gasteiger partial charge in [0.1, 0.15) is 0 Å². The molecular weight excluding hydrogens is 210 g/mol. The van der Waals surface area contributed by atoms with Crippen molar-refractivity contribution in [2.24, 2.45) is 12.8 Å². The molecule has 0 unspecified atom stereocenters. The van der Waals surface area contributed by atoms with Gasteiger partial charge < -0.3 is 5.73 Å². The van der Waals surface area contributed by atoms with Gasteiger partial charge in [0.2, 0.25) is 0 Å². The molecule has 0 amide bonds. The molecule has 0 radical (unpaired) electrons. The van der Waals surface area contributed by atoms with Crippen LogP contribution in [0, 0.1) is 0 Å². The third kappa shape index (κ3) is 2.56. The Bertz CT molecular complexity index is 483. The molecule has 1 aromatic carbocycles. The van der Waals surface area contributed by atoms with Crippen molar-refractivity contribution >= 4 is 0 Å². The fraction of sp³-hybridized carbons (Fsp3) is 0.357. The van der Waals surface area contributed by atoms with E-state index in [0.29, 0.717) is 6.54 Å². The van der Waals surface area contributed by atoms with Crippen LogP contribution >= 0.6 is 0 Å². The van der Waals surface area contributed by atoms with E-state index in [9.17, 15) is 0 Å². The number of hydrogen-bond donors (Lipinski definition) is 1. The number of benzene rings is 1. The fourth-order valence-electron chi connectivity index (χ4n) is 1.97. The first-order valence-corrected chi connectivity index (χ1v) is 6.07. The number of hydrogen-bond acceptors (Lipinski definition) is 2. The van der Waals surface area contributed by atoms with E-state index in [2.05, 4.69) is 42.4 Å². The number of rotatable bonds is 4. The zero-order chi connectivity index (χ0) is 12.3. The Morgan fingerprint density at radius 2 is 1.94 bits per heavy atom. The molecule has 1 heterocycles. The molecule has 0 atom stereocenters. The van der Waals surface area contributed by atoms with E-state index < -0.39 is 0 Å². The van der Waals surface area contributed by atoms with E-state index >= 15 is 0 Å². The summed E-state index contributed by atoms with van der Waals surface area (Å²) in [6, 6.07) is 10.7. The van der Waals surface area contributed by atoms with Crippen LogP contribution in [0.4, 0.5) is 0 Å². The van der Waals surface area contributed by atoms with E-state index in [4.69, 9.17) is 5.73 Å². The van der Waals surface area contributed by atoms with E-state index in [1.54, 1.807) is 0 Å². The van der Waals surface area contributed by atoms with Crippen LogP contribution in [-0.2, 0) is 20.0 Å². The lowest BCUT2D eigenvalue weighted by Crippen LogP contribution is -2.03. The van der Waals surface area contributed by atoms with Crippen molar-refractivity contribution in [2.75, 3.05) is 0 Å². The van der Waals surface area contributed by atoms with Gasteiger partial charge in [0.25, 0.3) is 0 Å². The van der Waals surface area contributed by atoms with Crippen molar-refractivity contribution in [3.8, 4) is 11.3 Å². The Morgan fingerprint density at radius 1 is 1.24 bits per heavy atom. The van der Waals surface area contributed by atoms with Crippen LogP contribution in [0.15, 0.2) is 30.3 Å². The lowest BCUT2D eigenvalue weighted by Gasteiger charge is -2.00. The Hall–Kier alpha value is -1.61. The maximum Gasteiger partial charge on any atom is 0.0926 e. The normalized spacial score (nSPS) is 10.8. The summed E-state index contributed by atoms with van der Waals surface area (Å²) in [6.45, 7) is 2.72. The molecule has 1 aromatic heterocycles. The van der Waals surface area contributed by atoms with Gasteiger partial charge in [0.15, 0.2) is 0 Å². The standard InChI is InChI=1S/C14H19N3/c1-3-4-11-5-7-12(8-6-11)14-9-13(10-15)17(2)16-14/h5-9H,3-4,10,15H2,1-2H3. The SMILES string of the molecule is CCCc1ccc(-c2cc(CN)n(C)n2)cc1. The predicted molar refractivity (Wildman–Crippen MR) is 70.5 cm³/mol. The highest BCUT2D eigenvalue weighted by atomic mass is 15.3. The summed E-state index contributed by atoms with van der Waals surface area (Å²) < 4.78 is 1.84. The molecule has 2 N–H and O–H groups in total. The van der Waals surface area contributed by atoms with Gasteiger partial charge >= 0.3 is 0 Å². The van der Waals surface area contributed by atoms with E-state index in [1.165, 1.54) is 12.0 Å². The molecule has 0 saturated carbocycles. The van der Waals surface area contributed by atoms with Crippen LogP contribution in [0.3, 0.4) is 0 Å². The average molecular weight is 229 g/mol. The molecule has 0 aliphatic rings. The number of aryl methyl sites for hydroxylation is 2. The van der Waals surface area contributed by atoms with Gasteiger partial charge in [-0.15, -0.1) is 0 Å². The molecular formula is C14H19N3. The molecule has 90 valence electrons. The zero-order valence-corrected chi connectivity index (χ0v) is 10.5. The molecule has 0 bridgehead atoms. The third-order valence-electron chi connectivity index (χ3n) is 2.97. The second-order valence-corrected chi connectivity index (χ2v) is 4.30. The molecule has 0 fully saturated rings. The van der Waals surface area contributed by atoms with E-state index in [-0.39, 0.29) is 0 Å². The first-order valence-electron chi connectivity index (χ1n) is 6.07. The molecule has 2 aromatic rings. The van der Waals surface area contributed by atoms with Crippen molar-refractivity contribution < 1.29 is 0 Å². The van der Waals surface area contributed by atoms with Crippen molar-refractivity contribution in [2.45, 2.75) is 26.3 Å². The van der Waals surface area contributed by atoms with Gasteiger partial charge in [-0.2, -0.15) is 5.10 Å². The molecule has 0 aliphatic heterocycles. The van der Waals surface area contributed by atoms with Crippen LogP contribution in [-0.4, -0.2) is 9.78 Å². The Morgan fingerprint density at radius 3 is 2.47 bits per heavy atom. The van der Waals surface area contributed by atoms with Crippen molar-refractivity contribution in [1.29, 1.82) is 0 Å². The van der Waals surface area contributed by atoms with Crippen molar-refractivity contribution in [3.63, 3.8) is 0 Å². The van der Waals surface area contributed by atoms with Crippen LogP contribution in [0.25, 0.3) is 11.3 Å². The molecule has 0 aliphatic carbocycles. The van der Waals surface area contributed by atoms with Gasteiger partial charge in [0.05, 0.1) is 11.4 Å². The Labute approximate surface area is 102 Å². The maximum atomic E-state index is 5.64. The quantitative estimate of drug-likeness (QED) is 0.875. The highest BCUT2D eigenvalue weighted by molar-refractivity contribution is 5.59. The third-order valence-corrected chi connectivity index (χ3v) is 2.97. The molecule has 3 nitrogen and oxygen atoms in total. The summed E-state index contributed by atoms with van der Waals surface area (Å²) >= 11 is 0. The molecule has 0 spiro atoms. The largest absolute Gasteiger partial charge is 0.325 e. The van der Waals surface area contributed by atoms with E-state index in [1.807, 2.05) is 11.7 Å². The summed E-state index contributed by atoms with van der Waals surface area (Å²) in [4.78, 5) is 0. The first-order chi connectivity index (χ1) is 8.24. The summed E-state index contributed by atoms with van der Waals surface area (Å²) in [5, 5.41) is 4.46. The number of aromatic nitrogens is 2. The van der Waals surface area contributed by atoms with Crippen molar-refractivity contribution in [3.05, 3.63) is 41.6 Å². The minimum Gasteiger partial charge on any atom is -0.325 e. The lowest BCUT2D eigenvalue weighted by atomic mass is 10.1. The Kier molecular flexibility index (Phi) is 3.59. The van der Waals surface area contributed by atoms with Gasteiger partial charge in [-0.3, -0.25) is 4.68 Å². The van der Waals surface area contributed by atoms with Gasteiger partial charge in [-0.05, 0) is 18.1 Å². The molecule has 3 heteroatoms. The summed E-state index contributed by atoms with van der Waals surface area (Å²) in [5.41, 5.74) is 10.2. The lowest BCUT2D eigenvalue weighted by molar-refractivity contribution is 0.714. The van der Waals surface area contributed by atoms with Gasteiger partial charge in [-0.1, -0.05) is 37.6 Å². The van der Waals surface area contributed by atoms with Crippen LogP contribution in [0.1, 0.15) is 24.6 Å². The smallest absolute Gasteiger partial charge is 0.0926 e. The molecule has 2 rings (SSSR count). The zero-order valence-electron chi connectivity index (χ0n) is 10.5. The minimum absolute atomic E-state index is 0.525. The molecule has 0 saturated heterocycles. The summed E-state index contributed by atoms with van der Waals surface area (Å²) in [6.07, 6.45) is 2.32. The van der Waals surface area contributed by atoms with Gasteiger partial charge in [-0.25, -0.2) is 0 Å². The second-order valence-electron chi connectivity index (χ2n) is 4.30. The fourth-order valence-corrected chi connectivity index (χ4v) is 1.97. The van der Waals surface area contributed by atoms with Crippen LogP contribution < -0.4 is 5.73 Å². The summed E-state index contributed by atoms with van der Waals surface area (Å²) in [5.74, 6) is 0. The summed E-state index contributed by atoms with van der Waals surface area (Å²) in [7, 11) is 1.93. The molecule has 17 heavy (non-hydrogen) atoms. The van der Waals surface area contributed by atoms with Crippen LogP contribution in [0.2, 0.25) is 0 Å². The Balaban J connectivity index is 2.26.